The van der Waals surface area contributed by atoms with Gasteiger partial charge in [0, 0.05) is 45.1 Å². The second-order valence-electron chi connectivity index (χ2n) is 7.99. The molecule has 6 nitrogen and oxygen atoms in total. The lowest BCUT2D eigenvalue weighted by Gasteiger charge is -2.33. The number of carbonyl (C=O) groups is 1. The molecule has 1 atom stereocenters. The second kappa shape index (κ2) is 9.73. The molecule has 0 spiro atoms. The zero-order valence-corrected chi connectivity index (χ0v) is 17.4. The number of hydrogen-bond acceptors (Lipinski definition) is 3. The number of aromatic nitrogens is 2. The van der Waals surface area contributed by atoms with Gasteiger partial charge in [-0.25, -0.2) is 4.79 Å². The Kier molecular flexibility index (Phi) is 7.09. The highest BCUT2D eigenvalue weighted by Gasteiger charge is 2.18. The molecule has 6 heteroatoms. The van der Waals surface area contributed by atoms with Gasteiger partial charge in [-0.1, -0.05) is 18.6 Å². The fourth-order valence-electron chi connectivity index (χ4n) is 3.82. The number of piperidine rings is 1. The van der Waals surface area contributed by atoms with E-state index in [-0.39, 0.29) is 6.03 Å². The van der Waals surface area contributed by atoms with E-state index in [0.29, 0.717) is 12.6 Å². The molecule has 1 saturated heterocycles. The molecule has 0 saturated carbocycles. The molecule has 1 aliphatic rings. The third-order valence-corrected chi connectivity index (χ3v) is 5.57. The lowest BCUT2D eigenvalue weighted by Crippen LogP contribution is -2.36. The third-order valence-electron chi connectivity index (χ3n) is 5.57. The molecule has 3 rings (SSSR count). The normalized spacial score (nSPS) is 17.5. The minimum Gasteiger partial charge on any atom is -0.328 e. The summed E-state index contributed by atoms with van der Waals surface area (Å²) in [5.74, 6) is 0. The lowest BCUT2D eigenvalue weighted by molar-refractivity contribution is 0.152. The Hall–Kier alpha value is -2.34. The van der Waals surface area contributed by atoms with Gasteiger partial charge in [0.05, 0.1) is 6.20 Å². The van der Waals surface area contributed by atoms with Crippen LogP contribution in [0.15, 0.2) is 36.7 Å². The Bertz CT molecular complexity index is 772. The topological polar surface area (TPSA) is 53.4 Å². The zero-order chi connectivity index (χ0) is 19.9. The van der Waals surface area contributed by atoms with Crippen molar-refractivity contribution in [2.45, 2.75) is 51.6 Å². The number of amides is 2. The van der Waals surface area contributed by atoms with Crippen molar-refractivity contribution in [2.75, 3.05) is 25.5 Å². The quantitative estimate of drug-likeness (QED) is 0.789. The smallest absolute Gasteiger partial charge is 0.321 e. The van der Waals surface area contributed by atoms with E-state index in [1.54, 1.807) is 4.90 Å². The first kappa shape index (κ1) is 20.4. The predicted molar refractivity (Wildman–Crippen MR) is 113 cm³/mol. The Morgan fingerprint density at radius 2 is 2.18 bits per heavy atom. The van der Waals surface area contributed by atoms with E-state index in [1.165, 1.54) is 30.4 Å². The van der Waals surface area contributed by atoms with Crippen molar-refractivity contribution in [2.24, 2.45) is 7.05 Å². The number of aryl methyl sites for hydroxylation is 2. The first-order valence-corrected chi connectivity index (χ1v) is 10.3. The summed E-state index contributed by atoms with van der Waals surface area (Å²) in [5.41, 5.74) is 3.33. The zero-order valence-electron chi connectivity index (χ0n) is 17.4. The Balaban J connectivity index is 1.47. The Morgan fingerprint density at radius 3 is 2.93 bits per heavy atom. The van der Waals surface area contributed by atoms with Crippen LogP contribution in [0.3, 0.4) is 0 Å². The molecular formula is C22H33N5O. The maximum Gasteiger partial charge on any atom is 0.321 e. The number of hydrogen-bond donors (Lipinski definition) is 1. The average Bonchev–Trinajstić information content (AvgIpc) is 3.09. The summed E-state index contributed by atoms with van der Waals surface area (Å²) >= 11 is 0. The van der Waals surface area contributed by atoms with Crippen molar-refractivity contribution in [1.29, 1.82) is 0 Å². The molecule has 2 amide bonds. The van der Waals surface area contributed by atoms with Gasteiger partial charge in [-0.05, 0) is 62.4 Å². The number of nitrogens with one attached hydrogen (secondary N) is 1. The number of benzene rings is 1. The van der Waals surface area contributed by atoms with E-state index in [2.05, 4.69) is 34.4 Å². The maximum atomic E-state index is 12.5. The maximum absolute atomic E-state index is 12.5. The molecule has 0 radical (unpaired) electrons. The number of carbonyl (C=O) groups excluding carboxylic acids is 1. The Labute approximate surface area is 168 Å². The van der Waals surface area contributed by atoms with Crippen LogP contribution in [-0.4, -0.2) is 51.8 Å². The van der Waals surface area contributed by atoms with Crippen LogP contribution in [0.5, 0.6) is 0 Å². The van der Waals surface area contributed by atoms with Gasteiger partial charge in [0.15, 0.2) is 0 Å². The average molecular weight is 384 g/mol. The van der Waals surface area contributed by atoms with Crippen molar-refractivity contribution < 1.29 is 4.79 Å². The van der Waals surface area contributed by atoms with Crippen LogP contribution in [-0.2, 0) is 20.0 Å². The van der Waals surface area contributed by atoms with Crippen molar-refractivity contribution in [1.82, 2.24) is 19.6 Å². The fraction of sp³-hybridized carbons (Fsp3) is 0.545. The van der Waals surface area contributed by atoms with Crippen molar-refractivity contribution >= 4 is 11.7 Å². The van der Waals surface area contributed by atoms with Gasteiger partial charge >= 0.3 is 6.03 Å². The van der Waals surface area contributed by atoms with E-state index < -0.39 is 0 Å². The van der Waals surface area contributed by atoms with Gasteiger partial charge in [-0.3, -0.25) is 9.58 Å². The van der Waals surface area contributed by atoms with Crippen LogP contribution >= 0.6 is 0 Å². The standard InChI is InChI=1S/C22H33N5O/c1-18-8-4-5-13-27(18)17-19-9-6-11-21(14-19)24-22(28)25(2)12-7-10-20-15-23-26(3)16-20/h6,9,11,14-16,18H,4-5,7-8,10,12-13,17H2,1-3H3,(H,24,28). The summed E-state index contributed by atoms with van der Waals surface area (Å²) in [6.45, 7) is 5.14. The van der Waals surface area contributed by atoms with Crippen LogP contribution in [0.4, 0.5) is 10.5 Å². The first-order valence-electron chi connectivity index (χ1n) is 10.3. The van der Waals surface area contributed by atoms with Crippen molar-refractivity contribution in [3.8, 4) is 0 Å². The number of nitrogens with zero attached hydrogens (tertiary/aromatic N) is 4. The third kappa shape index (κ3) is 5.83. The van der Waals surface area contributed by atoms with Gasteiger partial charge < -0.3 is 10.2 Å². The largest absolute Gasteiger partial charge is 0.328 e. The molecule has 1 unspecified atom stereocenters. The molecule has 0 bridgehead atoms. The summed E-state index contributed by atoms with van der Waals surface area (Å²) in [5, 5.41) is 7.22. The highest BCUT2D eigenvalue weighted by molar-refractivity contribution is 5.89. The van der Waals surface area contributed by atoms with Crippen LogP contribution < -0.4 is 5.32 Å². The molecule has 0 aliphatic carbocycles. The summed E-state index contributed by atoms with van der Waals surface area (Å²) in [4.78, 5) is 16.8. The van der Waals surface area contributed by atoms with Gasteiger partial charge in [0.2, 0.25) is 0 Å². The lowest BCUT2D eigenvalue weighted by atomic mass is 10.0. The number of likely N-dealkylation sites (tertiary alicyclic amines) is 1. The molecule has 28 heavy (non-hydrogen) atoms. The molecule has 1 fully saturated rings. The fourth-order valence-corrected chi connectivity index (χ4v) is 3.82. The van der Waals surface area contributed by atoms with E-state index in [4.69, 9.17) is 0 Å². The van der Waals surface area contributed by atoms with Crippen LogP contribution in [0.25, 0.3) is 0 Å². The van der Waals surface area contributed by atoms with Gasteiger partial charge in [-0.15, -0.1) is 0 Å². The number of anilines is 1. The van der Waals surface area contributed by atoms with Crippen LogP contribution in [0.2, 0.25) is 0 Å². The molecule has 2 aromatic rings. The SMILES string of the molecule is CC1CCCCN1Cc1cccc(NC(=O)N(C)CCCc2cnn(C)c2)c1. The molecule has 2 heterocycles. The number of rotatable bonds is 7. The molecular weight excluding hydrogens is 350 g/mol. The van der Waals surface area contributed by atoms with E-state index in [1.807, 2.05) is 43.3 Å². The van der Waals surface area contributed by atoms with Crippen molar-refractivity contribution in [3.05, 3.63) is 47.8 Å². The summed E-state index contributed by atoms with van der Waals surface area (Å²) < 4.78 is 1.81. The van der Waals surface area contributed by atoms with Gasteiger partial charge in [-0.2, -0.15) is 5.10 Å². The second-order valence-corrected chi connectivity index (χ2v) is 7.99. The summed E-state index contributed by atoms with van der Waals surface area (Å²) in [6.07, 6.45) is 9.65. The van der Waals surface area contributed by atoms with Crippen molar-refractivity contribution in [3.63, 3.8) is 0 Å². The molecule has 1 aromatic carbocycles. The molecule has 152 valence electrons. The van der Waals surface area contributed by atoms with E-state index in [9.17, 15) is 4.79 Å². The molecule has 1 aromatic heterocycles. The molecule has 1 aliphatic heterocycles. The van der Waals surface area contributed by atoms with E-state index >= 15 is 0 Å². The van der Waals surface area contributed by atoms with Crippen LogP contribution in [0.1, 0.15) is 43.7 Å². The predicted octanol–water partition coefficient (Wildman–Crippen LogP) is 3.89. The Morgan fingerprint density at radius 1 is 1.32 bits per heavy atom. The van der Waals surface area contributed by atoms with Crippen LogP contribution in [0, 0.1) is 0 Å². The van der Waals surface area contributed by atoms with Gasteiger partial charge in [0.25, 0.3) is 0 Å². The number of urea groups is 1. The monoisotopic (exact) mass is 383 g/mol. The highest BCUT2D eigenvalue weighted by atomic mass is 16.2. The highest BCUT2D eigenvalue weighted by Crippen LogP contribution is 2.20. The van der Waals surface area contributed by atoms with Gasteiger partial charge in [0.1, 0.15) is 0 Å². The minimum absolute atomic E-state index is 0.0605. The molecule has 1 N–H and O–H groups in total. The summed E-state index contributed by atoms with van der Waals surface area (Å²) in [7, 11) is 3.76. The van der Waals surface area contributed by atoms with E-state index in [0.717, 1.165) is 31.6 Å². The summed E-state index contributed by atoms with van der Waals surface area (Å²) in [6, 6.07) is 8.82. The first-order chi connectivity index (χ1) is 13.5. The minimum atomic E-state index is -0.0605.